The highest BCUT2D eigenvalue weighted by Gasteiger charge is 2.27. The van der Waals surface area contributed by atoms with Gasteiger partial charge in [0.15, 0.2) is 9.84 Å². The molecular weight excluding hydrogens is 324 g/mol. The molecule has 0 bridgehead atoms. The SMILES string of the molecule is Cc1cc(C)cc([C@H](NC(=O)[C@H](C)S(C)(=O)=O)c2cccnc2)c1. The molecule has 2 rings (SSSR count). The first-order valence-electron chi connectivity index (χ1n) is 7.66. The minimum atomic E-state index is -3.46. The fourth-order valence-electron chi connectivity index (χ4n) is 2.54. The normalized spacial score (nSPS) is 14.0. The molecule has 1 heterocycles. The first-order chi connectivity index (χ1) is 11.2. The van der Waals surface area contributed by atoms with Crippen molar-refractivity contribution in [3.63, 3.8) is 0 Å². The quantitative estimate of drug-likeness (QED) is 0.901. The monoisotopic (exact) mass is 346 g/mol. The molecular formula is C18H22N2O3S. The van der Waals surface area contributed by atoms with E-state index in [0.717, 1.165) is 28.5 Å². The van der Waals surface area contributed by atoms with E-state index in [0.29, 0.717) is 0 Å². The Bertz CT molecular complexity index is 812. The number of benzene rings is 1. The van der Waals surface area contributed by atoms with E-state index in [1.165, 1.54) is 6.92 Å². The maximum Gasteiger partial charge on any atom is 0.238 e. The number of aromatic nitrogens is 1. The summed E-state index contributed by atoms with van der Waals surface area (Å²) in [5.74, 6) is -0.523. The molecule has 0 aliphatic rings. The van der Waals surface area contributed by atoms with Gasteiger partial charge in [-0.15, -0.1) is 0 Å². The minimum Gasteiger partial charge on any atom is -0.344 e. The van der Waals surface area contributed by atoms with Crippen LogP contribution in [0.3, 0.4) is 0 Å². The molecule has 24 heavy (non-hydrogen) atoms. The molecule has 0 aliphatic heterocycles. The molecule has 6 heteroatoms. The van der Waals surface area contributed by atoms with E-state index in [9.17, 15) is 13.2 Å². The summed E-state index contributed by atoms with van der Waals surface area (Å²) in [6, 6.07) is 9.21. The topological polar surface area (TPSA) is 76.1 Å². The Morgan fingerprint density at radius 3 is 2.25 bits per heavy atom. The molecule has 1 N–H and O–H groups in total. The molecule has 1 aromatic carbocycles. The average molecular weight is 346 g/mol. The van der Waals surface area contributed by atoms with Gasteiger partial charge in [-0.1, -0.05) is 35.4 Å². The number of rotatable bonds is 5. The van der Waals surface area contributed by atoms with Crippen molar-refractivity contribution in [2.45, 2.75) is 32.1 Å². The average Bonchev–Trinajstić information content (AvgIpc) is 2.50. The molecule has 128 valence electrons. The van der Waals surface area contributed by atoms with Crippen LogP contribution in [-0.2, 0) is 14.6 Å². The van der Waals surface area contributed by atoms with Gasteiger partial charge in [0.2, 0.25) is 5.91 Å². The van der Waals surface area contributed by atoms with Crippen LogP contribution >= 0.6 is 0 Å². The Morgan fingerprint density at radius 2 is 1.75 bits per heavy atom. The van der Waals surface area contributed by atoms with Crippen LogP contribution < -0.4 is 5.32 Å². The summed E-state index contributed by atoms with van der Waals surface area (Å²) in [6.45, 7) is 5.36. The third kappa shape index (κ3) is 4.41. The van der Waals surface area contributed by atoms with Gasteiger partial charge in [0, 0.05) is 18.6 Å². The largest absolute Gasteiger partial charge is 0.344 e. The minimum absolute atomic E-state index is 0.450. The number of aryl methyl sites for hydroxylation is 2. The lowest BCUT2D eigenvalue weighted by Crippen LogP contribution is -2.39. The molecule has 0 radical (unpaired) electrons. The molecule has 0 unspecified atom stereocenters. The lowest BCUT2D eigenvalue weighted by molar-refractivity contribution is -0.120. The van der Waals surface area contributed by atoms with Crippen LogP contribution in [-0.4, -0.2) is 30.8 Å². The van der Waals surface area contributed by atoms with Crippen LogP contribution in [0.2, 0.25) is 0 Å². The van der Waals surface area contributed by atoms with Crippen LogP contribution in [0.15, 0.2) is 42.7 Å². The van der Waals surface area contributed by atoms with Crippen LogP contribution in [0.5, 0.6) is 0 Å². The highest BCUT2D eigenvalue weighted by molar-refractivity contribution is 7.92. The van der Waals surface area contributed by atoms with Gasteiger partial charge in [-0.2, -0.15) is 0 Å². The summed E-state index contributed by atoms with van der Waals surface area (Å²) in [5.41, 5.74) is 3.85. The molecule has 5 nitrogen and oxygen atoms in total. The first-order valence-corrected chi connectivity index (χ1v) is 9.61. The number of nitrogens with one attached hydrogen (secondary N) is 1. The van der Waals surface area contributed by atoms with E-state index < -0.39 is 27.0 Å². The third-order valence-corrected chi connectivity index (χ3v) is 5.39. The summed E-state index contributed by atoms with van der Waals surface area (Å²) < 4.78 is 23.3. The summed E-state index contributed by atoms with van der Waals surface area (Å²) in [7, 11) is -3.46. The van der Waals surface area contributed by atoms with E-state index in [1.54, 1.807) is 18.5 Å². The predicted molar refractivity (Wildman–Crippen MR) is 94.4 cm³/mol. The second kappa shape index (κ2) is 7.13. The van der Waals surface area contributed by atoms with Gasteiger partial charge in [-0.25, -0.2) is 8.42 Å². The highest BCUT2D eigenvalue weighted by atomic mass is 32.2. The van der Waals surface area contributed by atoms with E-state index >= 15 is 0 Å². The zero-order valence-corrected chi connectivity index (χ0v) is 15.1. The fourth-order valence-corrected chi connectivity index (χ4v) is 2.99. The molecule has 2 atom stereocenters. The summed E-state index contributed by atoms with van der Waals surface area (Å²) in [6.07, 6.45) is 4.39. The van der Waals surface area contributed by atoms with Gasteiger partial charge in [-0.3, -0.25) is 9.78 Å². The van der Waals surface area contributed by atoms with Crippen molar-refractivity contribution in [1.29, 1.82) is 0 Å². The van der Waals surface area contributed by atoms with Crippen molar-refractivity contribution >= 4 is 15.7 Å². The first kappa shape index (κ1) is 18.1. The van der Waals surface area contributed by atoms with Crippen molar-refractivity contribution in [2.75, 3.05) is 6.26 Å². The van der Waals surface area contributed by atoms with E-state index in [-0.39, 0.29) is 0 Å². The Morgan fingerprint density at radius 1 is 1.12 bits per heavy atom. The van der Waals surface area contributed by atoms with Crippen LogP contribution in [0.25, 0.3) is 0 Å². The number of amides is 1. The number of hydrogen-bond donors (Lipinski definition) is 1. The van der Waals surface area contributed by atoms with Gasteiger partial charge in [0.05, 0.1) is 6.04 Å². The molecule has 0 fully saturated rings. The zero-order chi connectivity index (χ0) is 17.9. The van der Waals surface area contributed by atoms with E-state index in [4.69, 9.17) is 0 Å². The maximum absolute atomic E-state index is 12.4. The number of carbonyl (C=O) groups excluding carboxylic acids is 1. The van der Waals surface area contributed by atoms with Crippen molar-refractivity contribution in [3.05, 3.63) is 65.0 Å². The summed E-state index contributed by atoms with van der Waals surface area (Å²) in [5, 5.41) is 1.74. The third-order valence-electron chi connectivity index (χ3n) is 3.89. The molecule has 0 spiro atoms. The Kier molecular flexibility index (Phi) is 5.39. The Balaban J connectivity index is 2.43. The lowest BCUT2D eigenvalue weighted by atomic mass is 9.96. The second-order valence-corrected chi connectivity index (χ2v) is 8.49. The molecule has 2 aromatic rings. The number of nitrogens with zero attached hydrogens (tertiary/aromatic N) is 1. The Hall–Kier alpha value is -2.21. The highest BCUT2D eigenvalue weighted by Crippen LogP contribution is 2.24. The van der Waals surface area contributed by atoms with Crippen LogP contribution in [0.1, 0.15) is 35.2 Å². The smallest absolute Gasteiger partial charge is 0.238 e. The molecule has 0 aliphatic carbocycles. The molecule has 1 amide bonds. The zero-order valence-electron chi connectivity index (χ0n) is 14.3. The summed E-state index contributed by atoms with van der Waals surface area (Å²) >= 11 is 0. The van der Waals surface area contributed by atoms with Crippen molar-refractivity contribution in [2.24, 2.45) is 0 Å². The van der Waals surface area contributed by atoms with Gasteiger partial charge in [-0.05, 0) is 38.0 Å². The van der Waals surface area contributed by atoms with Gasteiger partial charge < -0.3 is 5.32 Å². The molecule has 0 saturated carbocycles. The molecule has 0 saturated heterocycles. The second-order valence-electron chi connectivity index (χ2n) is 6.12. The standard InChI is InChI=1S/C18H22N2O3S/c1-12-8-13(2)10-16(9-12)17(15-6-5-7-19-11-15)20-18(21)14(3)24(4,22)23/h5-11,14,17H,1-4H3,(H,20,21)/t14-,17+/m0/s1. The lowest BCUT2D eigenvalue weighted by Gasteiger charge is -2.22. The van der Waals surface area contributed by atoms with Crippen molar-refractivity contribution in [1.82, 2.24) is 10.3 Å². The maximum atomic E-state index is 12.4. The van der Waals surface area contributed by atoms with Gasteiger partial charge >= 0.3 is 0 Å². The number of hydrogen-bond acceptors (Lipinski definition) is 4. The van der Waals surface area contributed by atoms with E-state index in [1.807, 2.05) is 38.1 Å². The van der Waals surface area contributed by atoms with Crippen LogP contribution in [0.4, 0.5) is 0 Å². The van der Waals surface area contributed by atoms with Crippen molar-refractivity contribution < 1.29 is 13.2 Å². The molecule has 1 aromatic heterocycles. The Labute approximate surface area is 143 Å². The number of pyridine rings is 1. The van der Waals surface area contributed by atoms with Crippen molar-refractivity contribution in [3.8, 4) is 0 Å². The fraction of sp³-hybridized carbons (Fsp3) is 0.333. The van der Waals surface area contributed by atoms with Gasteiger partial charge in [0.1, 0.15) is 5.25 Å². The van der Waals surface area contributed by atoms with E-state index in [2.05, 4.69) is 10.3 Å². The summed E-state index contributed by atoms with van der Waals surface area (Å²) in [4.78, 5) is 16.5. The number of sulfone groups is 1. The predicted octanol–water partition coefficient (Wildman–Crippen LogP) is 2.34. The van der Waals surface area contributed by atoms with Crippen LogP contribution in [0, 0.1) is 13.8 Å². The van der Waals surface area contributed by atoms with Gasteiger partial charge in [0.25, 0.3) is 0 Å². The number of carbonyl (C=O) groups is 1.